The van der Waals surface area contributed by atoms with Crippen molar-refractivity contribution in [3.63, 3.8) is 0 Å². The molecule has 0 bridgehead atoms. The van der Waals surface area contributed by atoms with Crippen molar-refractivity contribution in [1.29, 1.82) is 5.26 Å². The second-order valence-corrected chi connectivity index (χ2v) is 7.99. The summed E-state index contributed by atoms with van der Waals surface area (Å²) < 4.78 is 0. The molecule has 1 N–H and O–H groups in total. The van der Waals surface area contributed by atoms with Gasteiger partial charge in [-0.25, -0.2) is 4.98 Å². The van der Waals surface area contributed by atoms with Gasteiger partial charge in [0, 0.05) is 16.7 Å². The van der Waals surface area contributed by atoms with Crippen molar-refractivity contribution in [2.45, 2.75) is 17.8 Å². The van der Waals surface area contributed by atoms with Crippen LogP contribution in [0.5, 0.6) is 0 Å². The van der Waals surface area contributed by atoms with Gasteiger partial charge in [-0.2, -0.15) is 5.26 Å². The van der Waals surface area contributed by atoms with E-state index in [1.54, 1.807) is 6.07 Å². The van der Waals surface area contributed by atoms with Gasteiger partial charge in [0.05, 0.1) is 17.0 Å². The summed E-state index contributed by atoms with van der Waals surface area (Å²) in [5.74, 6) is 0.639. The van der Waals surface area contributed by atoms with Crippen molar-refractivity contribution in [2.24, 2.45) is 0 Å². The minimum absolute atomic E-state index is 0.120. The van der Waals surface area contributed by atoms with E-state index in [0.29, 0.717) is 21.9 Å². The Balaban J connectivity index is 1.64. The molecule has 4 rings (SSSR count). The van der Waals surface area contributed by atoms with E-state index in [1.165, 1.54) is 28.7 Å². The monoisotopic (exact) mass is 389 g/mol. The summed E-state index contributed by atoms with van der Waals surface area (Å²) in [6, 6.07) is 17.7. The molecule has 27 heavy (non-hydrogen) atoms. The van der Waals surface area contributed by atoms with E-state index in [-0.39, 0.29) is 5.56 Å². The van der Waals surface area contributed by atoms with Gasteiger partial charge in [0.15, 0.2) is 5.16 Å². The average Bonchev–Trinajstić information content (AvgIpc) is 3.12. The van der Waals surface area contributed by atoms with Crippen LogP contribution in [0.2, 0.25) is 0 Å². The fraction of sp³-hybridized carbons (Fsp3) is 0.0952. The summed E-state index contributed by atoms with van der Waals surface area (Å²) in [7, 11) is 0. The lowest BCUT2D eigenvalue weighted by molar-refractivity contribution is 0.980. The fourth-order valence-corrected chi connectivity index (χ4v) is 4.63. The van der Waals surface area contributed by atoms with E-state index >= 15 is 0 Å². The zero-order valence-corrected chi connectivity index (χ0v) is 16.2. The maximum atomic E-state index is 12.7. The Morgan fingerprint density at radius 2 is 2.04 bits per heavy atom. The second kappa shape index (κ2) is 7.39. The molecule has 0 aliphatic carbocycles. The molecule has 6 heteroatoms. The summed E-state index contributed by atoms with van der Waals surface area (Å²) in [5, 5.41) is 12.2. The normalized spacial score (nSPS) is 10.8. The van der Waals surface area contributed by atoms with E-state index < -0.39 is 0 Å². The summed E-state index contributed by atoms with van der Waals surface area (Å²) >= 11 is 2.94. The maximum absolute atomic E-state index is 12.7. The van der Waals surface area contributed by atoms with Gasteiger partial charge < -0.3 is 4.98 Å². The number of thioether (sulfide) groups is 1. The first-order valence-corrected chi connectivity index (χ1v) is 10.2. The van der Waals surface area contributed by atoms with Crippen LogP contribution in [0.4, 0.5) is 0 Å². The molecule has 0 radical (unpaired) electrons. The van der Waals surface area contributed by atoms with Crippen LogP contribution in [0.3, 0.4) is 0 Å². The van der Waals surface area contributed by atoms with Gasteiger partial charge in [-0.3, -0.25) is 4.79 Å². The minimum Gasteiger partial charge on any atom is -0.301 e. The summed E-state index contributed by atoms with van der Waals surface area (Å²) in [6.07, 6.45) is 0. The Labute approximate surface area is 164 Å². The maximum Gasteiger partial charge on any atom is 0.260 e. The molecule has 0 atom stereocenters. The van der Waals surface area contributed by atoms with Gasteiger partial charge >= 0.3 is 0 Å². The number of aromatic amines is 1. The molecule has 0 unspecified atom stereocenters. The number of hydrogen-bond donors (Lipinski definition) is 1. The molecule has 0 aliphatic heterocycles. The molecule has 4 aromatic rings. The summed E-state index contributed by atoms with van der Waals surface area (Å²) in [6.45, 7) is 2.04. The number of nitrogens with zero attached hydrogens (tertiary/aromatic N) is 2. The minimum atomic E-state index is -0.120. The lowest BCUT2D eigenvalue weighted by atomic mass is 10.1. The number of hydrogen-bond acceptors (Lipinski definition) is 5. The molecule has 2 aromatic carbocycles. The largest absolute Gasteiger partial charge is 0.301 e. The van der Waals surface area contributed by atoms with Crippen LogP contribution in [0.15, 0.2) is 63.9 Å². The fourth-order valence-electron chi connectivity index (χ4n) is 2.83. The smallest absolute Gasteiger partial charge is 0.260 e. The number of fused-ring (bicyclic) bond motifs is 1. The van der Waals surface area contributed by atoms with Gasteiger partial charge in [-0.05, 0) is 30.2 Å². The van der Waals surface area contributed by atoms with Crippen molar-refractivity contribution < 1.29 is 0 Å². The van der Waals surface area contributed by atoms with Crippen LogP contribution < -0.4 is 5.56 Å². The van der Waals surface area contributed by atoms with Crippen molar-refractivity contribution in [3.05, 3.63) is 81.0 Å². The Kier molecular flexibility index (Phi) is 4.80. The van der Waals surface area contributed by atoms with E-state index in [2.05, 4.69) is 16.0 Å². The number of benzene rings is 2. The lowest BCUT2D eigenvalue weighted by Crippen LogP contribution is -2.08. The molecule has 0 spiro atoms. The summed E-state index contributed by atoms with van der Waals surface area (Å²) in [5.41, 5.74) is 4.66. The Bertz CT molecular complexity index is 1220. The van der Waals surface area contributed by atoms with E-state index in [0.717, 1.165) is 21.5 Å². The van der Waals surface area contributed by atoms with Crippen LogP contribution in [-0.2, 0) is 5.75 Å². The molecule has 2 heterocycles. The quantitative estimate of drug-likeness (QED) is 0.388. The van der Waals surface area contributed by atoms with Crippen LogP contribution >= 0.6 is 23.1 Å². The molecule has 0 fully saturated rings. The predicted molar refractivity (Wildman–Crippen MR) is 111 cm³/mol. The van der Waals surface area contributed by atoms with Crippen LogP contribution in [0.25, 0.3) is 21.3 Å². The lowest BCUT2D eigenvalue weighted by Gasteiger charge is -2.03. The van der Waals surface area contributed by atoms with Crippen molar-refractivity contribution >= 4 is 33.3 Å². The topological polar surface area (TPSA) is 69.5 Å². The number of H-pyrrole nitrogens is 1. The summed E-state index contributed by atoms with van der Waals surface area (Å²) in [4.78, 5) is 20.9. The standard InChI is InChI=1S/C21H15N3OS2/c1-13-5-7-16(8-6-13)17-12-26-20-18(17)19(25)23-21(24-20)27-11-15-4-2-3-14(9-15)10-22/h2-9,12H,11H2,1H3,(H,23,24,25). The SMILES string of the molecule is Cc1ccc(-c2csc3nc(SCc4cccc(C#N)c4)[nH]c(=O)c23)cc1. The van der Waals surface area contributed by atoms with Crippen molar-refractivity contribution in [1.82, 2.24) is 9.97 Å². The molecular weight excluding hydrogens is 374 g/mol. The number of aromatic nitrogens is 2. The predicted octanol–water partition coefficient (Wildman–Crippen LogP) is 5.12. The van der Waals surface area contributed by atoms with Gasteiger partial charge in [-0.15, -0.1) is 11.3 Å². The number of aryl methyl sites for hydroxylation is 1. The zero-order chi connectivity index (χ0) is 18.8. The first kappa shape index (κ1) is 17.5. The van der Waals surface area contributed by atoms with Gasteiger partial charge in [-0.1, -0.05) is 53.7 Å². The van der Waals surface area contributed by atoms with E-state index in [1.807, 2.05) is 54.8 Å². The number of nitriles is 1. The Morgan fingerprint density at radius 1 is 1.22 bits per heavy atom. The van der Waals surface area contributed by atoms with E-state index in [4.69, 9.17) is 5.26 Å². The van der Waals surface area contributed by atoms with Gasteiger partial charge in [0.25, 0.3) is 5.56 Å². The third kappa shape index (κ3) is 3.65. The Hall–Kier alpha value is -2.88. The number of rotatable bonds is 4. The highest BCUT2D eigenvalue weighted by atomic mass is 32.2. The van der Waals surface area contributed by atoms with Crippen molar-refractivity contribution in [3.8, 4) is 17.2 Å². The third-order valence-electron chi connectivity index (χ3n) is 4.22. The molecule has 0 saturated heterocycles. The number of nitrogens with one attached hydrogen (secondary N) is 1. The second-order valence-electron chi connectivity index (χ2n) is 6.17. The first-order chi connectivity index (χ1) is 13.1. The van der Waals surface area contributed by atoms with Gasteiger partial charge in [0.2, 0.25) is 0 Å². The molecule has 2 aromatic heterocycles. The highest BCUT2D eigenvalue weighted by Crippen LogP contribution is 2.32. The molecule has 132 valence electrons. The highest BCUT2D eigenvalue weighted by molar-refractivity contribution is 7.98. The molecular formula is C21H15N3OS2. The van der Waals surface area contributed by atoms with Crippen molar-refractivity contribution in [2.75, 3.05) is 0 Å². The highest BCUT2D eigenvalue weighted by Gasteiger charge is 2.13. The molecule has 0 saturated carbocycles. The third-order valence-corrected chi connectivity index (χ3v) is 6.03. The Morgan fingerprint density at radius 3 is 2.81 bits per heavy atom. The average molecular weight is 390 g/mol. The zero-order valence-electron chi connectivity index (χ0n) is 14.5. The molecule has 4 nitrogen and oxygen atoms in total. The molecule has 0 aliphatic rings. The van der Waals surface area contributed by atoms with E-state index in [9.17, 15) is 4.79 Å². The van der Waals surface area contributed by atoms with Crippen LogP contribution in [0.1, 0.15) is 16.7 Å². The van der Waals surface area contributed by atoms with Crippen LogP contribution in [0, 0.1) is 18.3 Å². The molecule has 0 amide bonds. The van der Waals surface area contributed by atoms with Gasteiger partial charge in [0.1, 0.15) is 4.83 Å². The first-order valence-electron chi connectivity index (χ1n) is 8.34. The van der Waals surface area contributed by atoms with Crippen LogP contribution in [-0.4, -0.2) is 9.97 Å². The number of thiophene rings is 1.